The molecule has 3 unspecified atom stereocenters. The lowest BCUT2D eigenvalue weighted by molar-refractivity contribution is -0.117. The highest BCUT2D eigenvalue weighted by molar-refractivity contribution is 5.93. The van der Waals surface area contributed by atoms with Crippen molar-refractivity contribution in [1.29, 1.82) is 0 Å². The van der Waals surface area contributed by atoms with Gasteiger partial charge in [0.05, 0.1) is 11.0 Å². The molecule has 1 aliphatic carbocycles. The summed E-state index contributed by atoms with van der Waals surface area (Å²) < 4.78 is 0. The molecule has 1 aliphatic rings. The molecule has 0 radical (unpaired) electrons. The van der Waals surface area contributed by atoms with Crippen LogP contribution in [0.15, 0.2) is 54.6 Å². The molecule has 5 nitrogen and oxygen atoms in total. The first-order chi connectivity index (χ1) is 14.4. The van der Waals surface area contributed by atoms with Crippen molar-refractivity contribution in [3.8, 4) is 5.75 Å². The van der Waals surface area contributed by atoms with Crippen LogP contribution < -0.4 is 5.32 Å². The number of rotatable bonds is 5. The minimum absolute atomic E-state index is 0.0291. The van der Waals surface area contributed by atoms with Crippen LogP contribution in [0.1, 0.15) is 44.5 Å². The summed E-state index contributed by atoms with van der Waals surface area (Å²) in [6.45, 7) is 8.71. The first-order valence-electron chi connectivity index (χ1n) is 10.6. The first-order valence-corrected chi connectivity index (χ1v) is 10.6. The van der Waals surface area contributed by atoms with Gasteiger partial charge in [0.15, 0.2) is 0 Å². The van der Waals surface area contributed by atoms with Crippen molar-refractivity contribution in [3.05, 3.63) is 66.0 Å². The van der Waals surface area contributed by atoms with Crippen molar-refractivity contribution >= 4 is 22.6 Å². The maximum Gasteiger partial charge on any atom is 0.224 e. The molecule has 3 aromatic rings. The van der Waals surface area contributed by atoms with E-state index in [4.69, 9.17) is 0 Å². The molecule has 0 aliphatic heterocycles. The Hall–Kier alpha value is -3.08. The molecule has 5 heteroatoms. The standard InChI is InChI=1S/C25H29N3O2/c1-15-9-16(2)21(17(3)10-15)14-25(30)26-19-7-8-22-23(13-19)28-24(27-22)12-18-5-4-6-20(29)11-18/h4-8,11,13,15,17,21,29H,2,9-10,12,14H2,1,3H3,(H,26,30)(H,27,28). The molecule has 1 saturated carbocycles. The number of H-pyrrole nitrogens is 1. The van der Waals surface area contributed by atoms with Gasteiger partial charge in [-0.15, -0.1) is 0 Å². The minimum atomic E-state index is 0.0291. The number of aromatic nitrogens is 2. The number of hydrogen-bond acceptors (Lipinski definition) is 3. The summed E-state index contributed by atoms with van der Waals surface area (Å²) in [5, 5.41) is 12.7. The Morgan fingerprint density at radius 3 is 2.87 bits per heavy atom. The normalized spacial score (nSPS) is 21.7. The lowest BCUT2D eigenvalue weighted by Gasteiger charge is -2.34. The number of nitrogens with zero attached hydrogens (tertiary/aromatic N) is 1. The summed E-state index contributed by atoms with van der Waals surface area (Å²) in [5.41, 5.74) is 4.69. The lowest BCUT2D eigenvalue weighted by Crippen LogP contribution is -2.27. The van der Waals surface area contributed by atoms with Gasteiger partial charge < -0.3 is 15.4 Å². The van der Waals surface area contributed by atoms with Crippen molar-refractivity contribution in [3.63, 3.8) is 0 Å². The van der Waals surface area contributed by atoms with Crippen LogP contribution in [-0.2, 0) is 11.2 Å². The molecule has 0 saturated heterocycles. The number of nitrogens with one attached hydrogen (secondary N) is 2. The second kappa shape index (κ2) is 8.34. The van der Waals surface area contributed by atoms with Gasteiger partial charge in [-0.3, -0.25) is 4.79 Å². The van der Waals surface area contributed by atoms with E-state index in [-0.39, 0.29) is 17.6 Å². The van der Waals surface area contributed by atoms with E-state index in [1.807, 2.05) is 30.3 Å². The van der Waals surface area contributed by atoms with Crippen molar-refractivity contribution < 1.29 is 9.90 Å². The zero-order chi connectivity index (χ0) is 21.3. The van der Waals surface area contributed by atoms with Gasteiger partial charge in [-0.2, -0.15) is 0 Å². The monoisotopic (exact) mass is 403 g/mol. The summed E-state index contributed by atoms with van der Waals surface area (Å²) in [5.74, 6) is 2.50. The fraction of sp³-hybridized carbons (Fsp3) is 0.360. The van der Waals surface area contributed by atoms with Crippen LogP contribution in [0.2, 0.25) is 0 Å². The lowest BCUT2D eigenvalue weighted by atomic mass is 9.71. The zero-order valence-corrected chi connectivity index (χ0v) is 17.6. The molecule has 1 aromatic heterocycles. The van der Waals surface area contributed by atoms with Gasteiger partial charge in [-0.25, -0.2) is 4.98 Å². The van der Waals surface area contributed by atoms with E-state index in [1.54, 1.807) is 12.1 Å². The maximum absolute atomic E-state index is 12.7. The topological polar surface area (TPSA) is 78.0 Å². The average molecular weight is 404 g/mol. The number of fused-ring (bicyclic) bond motifs is 1. The van der Waals surface area contributed by atoms with Gasteiger partial charge in [0.2, 0.25) is 5.91 Å². The second-order valence-corrected chi connectivity index (χ2v) is 8.80. The summed E-state index contributed by atoms with van der Waals surface area (Å²) in [4.78, 5) is 20.6. The van der Waals surface area contributed by atoms with E-state index in [9.17, 15) is 9.90 Å². The van der Waals surface area contributed by atoms with Crippen molar-refractivity contribution in [2.75, 3.05) is 5.32 Å². The summed E-state index contributed by atoms with van der Waals surface area (Å²) in [6, 6.07) is 12.9. The largest absolute Gasteiger partial charge is 0.508 e. The Balaban J connectivity index is 1.43. The smallest absolute Gasteiger partial charge is 0.224 e. The molecule has 2 aromatic carbocycles. The molecule has 3 atom stereocenters. The molecular weight excluding hydrogens is 374 g/mol. The highest BCUT2D eigenvalue weighted by atomic mass is 16.3. The number of carbonyl (C=O) groups is 1. The Morgan fingerprint density at radius 2 is 2.10 bits per heavy atom. The van der Waals surface area contributed by atoms with E-state index in [2.05, 4.69) is 35.7 Å². The quantitative estimate of drug-likeness (QED) is 0.497. The molecule has 1 fully saturated rings. The Morgan fingerprint density at radius 1 is 1.27 bits per heavy atom. The zero-order valence-electron chi connectivity index (χ0n) is 17.6. The predicted octanol–water partition coefficient (Wildman–Crippen LogP) is 5.43. The van der Waals surface area contributed by atoms with Crippen LogP contribution in [-0.4, -0.2) is 21.0 Å². The number of benzene rings is 2. The van der Waals surface area contributed by atoms with Gasteiger partial charge in [0.1, 0.15) is 11.6 Å². The highest BCUT2D eigenvalue weighted by Gasteiger charge is 2.29. The number of anilines is 1. The summed E-state index contributed by atoms with van der Waals surface area (Å²) >= 11 is 0. The van der Waals surface area contributed by atoms with E-state index in [1.165, 1.54) is 5.57 Å². The van der Waals surface area contributed by atoms with E-state index < -0.39 is 0 Å². The maximum atomic E-state index is 12.7. The van der Waals surface area contributed by atoms with E-state index >= 15 is 0 Å². The molecule has 1 heterocycles. The molecule has 0 spiro atoms. The predicted molar refractivity (Wildman–Crippen MR) is 120 cm³/mol. The molecule has 30 heavy (non-hydrogen) atoms. The van der Waals surface area contributed by atoms with Crippen LogP contribution in [0.5, 0.6) is 5.75 Å². The van der Waals surface area contributed by atoms with Crippen LogP contribution in [0.4, 0.5) is 5.69 Å². The number of allylic oxidation sites excluding steroid dienone is 1. The summed E-state index contributed by atoms with van der Waals surface area (Å²) in [7, 11) is 0. The van der Waals surface area contributed by atoms with Gasteiger partial charge >= 0.3 is 0 Å². The third-order valence-electron chi connectivity index (χ3n) is 6.10. The van der Waals surface area contributed by atoms with Gasteiger partial charge in [-0.1, -0.05) is 38.1 Å². The molecule has 4 rings (SSSR count). The van der Waals surface area contributed by atoms with Gasteiger partial charge in [0, 0.05) is 18.5 Å². The molecule has 3 N–H and O–H groups in total. The van der Waals surface area contributed by atoms with Crippen LogP contribution in [0.3, 0.4) is 0 Å². The fourth-order valence-electron chi connectivity index (χ4n) is 4.72. The summed E-state index contributed by atoms with van der Waals surface area (Å²) in [6.07, 6.45) is 3.25. The third kappa shape index (κ3) is 4.56. The SMILES string of the molecule is C=C1CC(C)CC(C)C1CC(=O)Nc1ccc2nc(Cc3cccc(O)c3)[nH]c2c1. The Bertz CT molecular complexity index is 1080. The van der Waals surface area contributed by atoms with Crippen LogP contribution in [0, 0.1) is 17.8 Å². The number of carbonyl (C=O) groups excluding carboxylic acids is 1. The highest BCUT2D eigenvalue weighted by Crippen LogP contribution is 2.38. The number of phenols is 1. The minimum Gasteiger partial charge on any atom is -0.508 e. The van der Waals surface area contributed by atoms with Gasteiger partial charge in [0.25, 0.3) is 0 Å². The van der Waals surface area contributed by atoms with Crippen molar-refractivity contribution in [1.82, 2.24) is 9.97 Å². The molecular formula is C25H29N3O2. The number of hydrogen-bond donors (Lipinski definition) is 3. The number of amides is 1. The van der Waals surface area contributed by atoms with Gasteiger partial charge in [-0.05, 0) is 66.5 Å². The van der Waals surface area contributed by atoms with E-state index in [0.29, 0.717) is 24.7 Å². The number of imidazole rings is 1. The van der Waals surface area contributed by atoms with E-state index in [0.717, 1.165) is 41.0 Å². The fourth-order valence-corrected chi connectivity index (χ4v) is 4.72. The second-order valence-electron chi connectivity index (χ2n) is 8.80. The van der Waals surface area contributed by atoms with Crippen LogP contribution in [0.25, 0.3) is 11.0 Å². The third-order valence-corrected chi connectivity index (χ3v) is 6.10. The number of aromatic amines is 1. The molecule has 156 valence electrons. The average Bonchev–Trinajstić information content (AvgIpc) is 3.06. The van der Waals surface area contributed by atoms with Crippen molar-refractivity contribution in [2.45, 2.75) is 39.5 Å². The Labute approximate surface area is 177 Å². The first kappa shape index (κ1) is 20.2. The number of aromatic hydroxyl groups is 1. The number of phenolic OH excluding ortho intramolecular Hbond substituents is 1. The van der Waals surface area contributed by atoms with Crippen molar-refractivity contribution in [2.24, 2.45) is 17.8 Å². The Kier molecular flexibility index (Phi) is 5.62. The molecule has 0 bridgehead atoms. The molecule has 1 amide bonds. The van der Waals surface area contributed by atoms with Crippen LogP contribution >= 0.6 is 0 Å².